The topological polar surface area (TPSA) is 61.5 Å². The third kappa shape index (κ3) is 3.49. The molecule has 0 aliphatic carbocycles. The van der Waals surface area contributed by atoms with E-state index in [1.165, 1.54) is 12.1 Å². The fourth-order valence-corrected chi connectivity index (χ4v) is 1.40. The maximum absolute atomic E-state index is 12.0. The van der Waals surface area contributed by atoms with Crippen molar-refractivity contribution in [2.45, 2.75) is 6.92 Å². The Morgan fingerprint density at radius 3 is 2.82 bits per heavy atom. The molecule has 0 radical (unpaired) electrons. The summed E-state index contributed by atoms with van der Waals surface area (Å²) in [6.07, 6.45) is 0. The van der Waals surface area contributed by atoms with Gasteiger partial charge in [0.1, 0.15) is 19.0 Å². The second kappa shape index (κ2) is 6.30. The Morgan fingerprint density at radius 2 is 2.24 bits per heavy atom. The molecule has 0 aliphatic heterocycles. The molecule has 1 aromatic carbocycles. The molecule has 4 nitrogen and oxygen atoms in total. The minimum absolute atomic E-state index is 0.146. The van der Waals surface area contributed by atoms with Gasteiger partial charge in [-0.05, 0) is 19.1 Å². The van der Waals surface area contributed by atoms with Crippen molar-refractivity contribution >= 4 is 23.3 Å². The SMILES string of the molecule is CCOC(=O)c1cc(Cl)c(N)c(OCCF)c1. The van der Waals surface area contributed by atoms with Gasteiger partial charge in [-0.2, -0.15) is 0 Å². The molecule has 0 amide bonds. The highest BCUT2D eigenvalue weighted by atomic mass is 35.5. The summed E-state index contributed by atoms with van der Waals surface area (Å²) in [7, 11) is 0. The Labute approximate surface area is 103 Å². The molecule has 0 unspecified atom stereocenters. The molecule has 0 spiro atoms. The number of ether oxygens (including phenoxy) is 2. The molecule has 0 saturated heterocycles. The molecule has 0 atom stereocenters. The summed E-state index contributed by atoms with van der Waals surface area (Å²) in [6.45, 7) is 1.15. The Hall–Kier alpha value is -1.49. The van der Waals surface area contributed by atoms with Crippen LogP contribution < -0.4 is 10.5 Å². The van der Waals surface area contributed by atoms with E-state index in [1.807, 2.05) is 0 Å². The summed E-state index contributed by atoms with van der Waals surface area (Å²) in [4.78, 5) is 11.5. The van der Waals surface area contributed by atoms with Crippen LogP contribution in [0.3, 0.4) is 0 Å². The predicted molar refractivity (Wildman–Crippen MR) is 63.3 cm³/mol. The van der Waals surface area contributed by atoms with Gasteiger partial charge < -0.3 is 15.2 Å². The van der Waals surface area contributed by atoms with Gasteiger partial charge in [-0.1, -0.05) is 11.6 Å². The van der Waals surface area contributed by atoms with Gasteiger partial charge in [0.15, 0.2) is 0 Å². The number of benzene rings is 1. The van der Waals surface area contributed by atoms with Crippen LogP contribution in [0.25, 0.3) is 0 Å². The van der Waals surface area contributed by atoms with E-state index in [1.54, 1.807) is 6.92 Å². The lowest BCUT2D eigenvalue weighted by molar-refractivity contribution is 0.0526. The zero-order chi connectivity index (χ0) is 12.8. The molecular weight excluding hydrogens is 249 g/mol. The van der Waals surface area contributed by atoms with Gasteiger partial charge in [-0.15, -0.1) is 0 Å². The van der Waals surface area contributed by atoms with E-state index in [0.29, 0.717) is 0 Å². The van der Waals surface area contributed by atoms with Gasteiger partial charge in [0, 0.05) is 0 Å². The van der Waals surface area contributed by atoms with Gasteiger partial charge in [-0.3, -0.25) is 0 Å². The zero-order valence-corrected chi connectivity index (χ0v) is 10.1. The highest BCUT2D eigenvalue weighted by Gasteiger charge is 2.13. The standard InChI is InChI=1S/C11H13ClFNO3/c1-2-16-11(15)7-5-8(12)10(14)9(6-7)17-4-3-13/h5-6H,2-4,14H2,1H3. The third-order valence-electron chi connectivity index (χ3n) is 1.94. The summed E-state index contributed by atoms with van der Waals surface area (Å²) in [5.74, 6) is -0.349. The summed E-state index contributed by atoms with van der Waals surface area (Å²) < 4.78 is 21.9. The van der Waals surface area contributed by atoms with E-state index < -0.39 is 12.6 Å². The van der Waals surface area contributed by atoms with Crippen molar-refractivity contribution in [3.05, 3.63) is 22.7 Å². The molecule has 17 heavy (non-hydrogen) atoms. The van der Waals surface area contributed by atoms with Crippen LogP contribution in [0.4, 0.5) is 10.1 Å². The van der Waals surface area contributed by atoms with E-state index in [2.05, 4.69) is 0 Å². The molecule has 6 heteroatoms. The van der Waals surface area contributed by atoms with Gasteiger partial charge in [-0.25, -0.2) is 9.18 Å². The predicted octanol–water partition coefficient (Wildman–Crippen LogP) is 2.45. The number of anilines is 1. The lowest BCUT2D eigenvalue weighted by Crippen LogP contribution is -2.07. The molecule has 0 bridgehead atoms. The van der Waals surface area contributed by atoms with Crippen LogP contribution in [0.1, 0.15) is 17.3 Å². The van der Waals surface area contributed by atoms with E-state index in [0.717, 1.165) is 0 Å². The number of rotatable bonds is 5. The van der Waals surface area contributed by atoms with Crippen molar-refractivity contribution in [1.29, 1.82) is 0 Å². The number of hydrogen-bond acceptors (Lipinski definition) is 4. The van der Waals surface area contributed by atoms with Crippen LogP contribution in [-0.2, 0) is 4.74 Å². The first-order valence-electron chi connectivity index (χ1n) is 5.05. The Bertz CT molecular complexity index is 412. The normalized spacial score (nSPS) is 10.1. The molecule has 0 saturated carbocycles. The van der Waals surface area contributed by atoms with Gasteiger partial charge in [0.25, 0.3) is 0 Å². The van der Waals surface area contributed by atoms with Gasteiger partial charge >= 0.3 is 5.97 Å². The van der Waals surface area contributed by atoms with Crippen LogP contribution >= 0.6 is 11.6 Å². The molecule has 2 N–H and O–H groups in total. The van der Waals surface area contributed by atoms with Crippen molar-refractivity contribution in [1.82, 2.24) is 0 Å². The van der Waals surface area contributed by atoms with E-state index in [-0.39, 0.29) is 35.2 Å². The number of carbonyl (C=O) groups excluding carboxylic acids is 1. The molecule has 0 aliphatic rings. The maximum Gasteiger partial charge on any atom is 0.338 e. The molecule has 94 valence electrons. The number of hydrogen-bond donors (Lipinski definition) is 1. The Balaban J connectivity index is 3.00. The number of alkyl halides is 1. The summed E-state index contributed by atoms with van der Waals surface area (Å²) in [6, 6.07) is 2.77. The minimum atomic E-state index is -0.652. The number of nitrogen functional groups attached to an aromatic ring is 1. The highest BCUT2D eigenvalue weighted by molar-refractivity contribution is 6.33. The van der Waals surface area contributed by atoms with Gasteiger partial charge in [0.2, 0.25) is 0 Å². The largest absolute Gasteiger partial charge is 0.489 e. The number of nitrogens with two attached hydrogens (primary N) is 1. The lowest BCUT2D eigenvalue weighted by atomic mass is 10.2. The first kappa shape index (κ1) is 13.6. The molecule has 0 heterocycles. The van der Waals surface area contributed by atoms with Crippen LogP contribution in [0.2, 0.25) is 5.02 Å². The summed E-state index contributed by atoms with van der Waals surface area (Å²) >= 11 is 5.84. The quantitative estimate of drug-likeness (QED) is 0.653. The smallest absolute Gasteiger partial charge is 0.338 e. The maximum atomic E-state index is 12.0. The number of esters is 1. The minimum Gasteiger partial charge on any atom is -0.489 e. The Kier molecular flexibility index (Phi) is 5.03. The first-order valence-corrected chi connectivity index (χ1v) is 5.42. The van der Waals surface area contributed by atoms with Crippen molar-refractivity contribution in [2.24, 2.45) is 0 Å². The number of halogens is 2. The van der Waals surface area contributed by atoms with Crippen LogP contribution in [0.5, 0.6) is 5.75 Å². The molecule has 1 rings (SSSR count). The monoisotopic (exact) mass is 261 g/mol. The number of carbonyl (C=O) groups is 1. The van der Waals surface area contributed by atoms with Crippen molar-refractivity contribution in [3.8, 4) is 5.75 Å². The molecule has 0 aromatic heterocycles. The molecular formula is C11H13ClFNO3. The van der Waals surface area contributed by atoms with Crippen LogP contribution in [0, 0.1) is 0 Å². The van der Waals surface area contributed by atoms with Crippen LogP contribution in [-0.4, -0.2) is 25.9 Å². The first-order chi connectivity index (χ1) is 8.10. The molecule has 0 fully saturated rings. The second-order valence-corrected chi connectivity index (χ2v) is 3.53. The lowest BCUT2D eigenvalue weighted by Gasteiger charge is -2.10. The fourth-order valence-electron chi connectivity index (χ4n) is 1.19. The average Bonchev–Trinajstić information content (AvgIpc) is 2.31. The summed E-state index contributed by atoms with van der Waals surface area (Å²) in [5, 5.41) is 0.171. The summed E-state index contributed by atoms with van der Waals surface area (Å²) in [5.41, 5.74) is 6.03. The van der Waals surface area contributed by atoms with E-state index in [4.69, 9.17) is 26.8 Å². The third-order valence-corrected chi connectivity index (χ3v) is 2.25. The van der Waals surface area contributed by atoms with E-state index in [9.17, 15) is 9.18 Å². The van der Waals surface area contributed by atoms with Crippen molar-refractivity contribution in [2.75, 3.05) is 25.6 Å². The highest BCUT2D eigenvalue weighted by Crippen LogP contribution is 2.31. The average molecular weight is 262 g/mol. The van der Waals surface area contributed by atoms with Crippen LogP contribution in [0.15, 0.2) is 12.1 Å². The fraction of sp³-hybridized carbons (Fsp3) is 0.364. The molecule has 1 aromatic rings. The zero-order valence-electron chi connectivity index (χ0n) is 9.33. The van der Waals surface area contributed by atoms with Crippen molar-refractivity contribution < 1.29 is 18.7 Å². The Morgan fingerprint density at radius 1 is 1.53 bits per heavy atom. The van der Waals surface area contributed by atoms with Crippen molar-refractivity contribution in [3.63, 3.8) is 0 Å². The van der Waals surface area contributed by atoms with E-state index >= 15 is 0 Å². The second-order valence-electron chi connectivity index (χ2n) is 3.13. The van der Waals surface area contributed by atoms with Gasteiger partial charge in [0.05, 0.1) is 22.9 Å².